The standard InChI is InChI=1S/C41H38ClN7O7/c42-31-11-14-35(50)33(25-31)36-30(26-48(46-36)18-4-17-43)10-7-28-8-12-32(13-9-28)44-38(51)34-27-56-41(15-21-54-22-16-41)49(34)39(52)37(29-5-2-1-3-6-29)45-40(53)47-19-23-55-24-20-47/h1-3,5-6,8-9,11-14,25-26,34,50H,4,15-16,18-24,27H2,(H,44,51)/b45-37+/t34-/m0/s1. The van der Waals surface area contributed by atoms with E-state index in [-0.39, 0.29) is 24.5 Å². The number of nitrogens with zero attached hydrogens (tertiary/aromatic N) is 6. The molecule has 4 aromatic rings. The van der Waals surface area contributed by atoms with Crippen LogP contribution in [0.3, 0.4) is 0 Å². The van der Waals surface area contributed by atoms with Gasteiger partial charge in [-0.3, -0.25) is 19.2 Å². The molecule has 3 fully saturated rings. The maximum atomic E-state index is 14.7. The van der Waals surface area contributed by atoms with E-state index in [1.54, 1.807) is 77.6 Å². The summed E-state index contributed by atoms with van der Waals surface area (Å²) in [6, 6.07) is 20.8. The summed E-state index contributed by atoms with van der Waals surface area (Å²) in [5.41, 5.74) is 1.68. The summed E-state index contributed by atoms with van der Waals surface area (Å²) >= 11 is 6.21. The molecule has 4 amide bonds. The van der Waals surface area contributed by atoms with E-state index in [0.717, 1.165) is 0 Å². The summed E-state index contributed by atoms with van der Waals surface area (Å²) in [5, 5.41) is 27.5. The number of carbonyl (C=O) groups excluding carboxylic acids is 3. The van der Waals surface area contributed by atoms with E-state index in [2.05, 4.69) is 33.3 Å². The molecule has 56 heavy (non-hydrogen) atoms. The fraction of sp³-hybridized carbons (Fsp3) is 0.317. The number of ether oxygens (including phenoxy) is 3. The molecule has 2 N–H and O–H groups in total. The van der Waals surface area contributed by atoms with Crippen molar-refractivity contribution in [3.63, 3.8) is 0 Å². The van der Waals surface area contributed by atoms with Gasteiger partial charge < -0.3 is 29.5 Å². The summed E-state index contributed by atoms with van der Waals surface area (Å²) in [4.78, 5) is 49.4. The van der Waals surface area contributed by atoms with Crippen LogP contribution in [0.15, 0.2) is 84.0 Å². The molecule has 0 saturated carbocycles. The van der Waals surface area contributed by atoms with Crippen LogP contribution in [0, 0.1) is 23.2 Å². The van der Waals surface area contributed by atoms with Crippen molar-refractivity contribution in [2.45, 2.75) is 37.6 Å². The number of halogens is 1. The number of aromatic hydroxyl groups is 1. The number of morpholine rings is 1. The van der Waals surface area contributed by atoms with Crippen LogP contribution in [0.2, 0.25) is 5.02 Å². The van der Waals surface area contributed by atoms with Crippen molar-refractivity contribution in [1.29, 1.82) is 5.26 Å². The largest absolute Gasteiger partial charge is 0.507 e. The van der Waals surface area contributed by atoms with Gasteiger partial charge >= 0.3 is 6.03 Å². The van der Waals surface area contributed by atoms with Crippen molar-refractivity contribution in [3.05, 3.63) is 101 Å². The monoisotopic (exact) mass is 775 g/mol. The smallest absolute Gasteiger partial charge is 0.344 e. The lowest BCUT2D eigenvalue weighted by molar-refractivity contribution is -0.164. The number of hydrogen-bond donors (Lipinski definition) is 2. The predicted molar refractivity (Wildman–Crippen MR) is 206 cm³/mol. The first-order valence-electron chi connectivity index (χ1n) is 18.2. The molecule has 1 atom stereocenters. The number of benzene rings is 3. The minimum atomic E-state index is -1.13. The van der Waals surface area contributed by atoms with Crippen LogP contribution in [-0.4, -0.2) is 106 Å². The maximum absolute atomic E-state index is 14.7. The molecule has 0 bridgehead atoms. The number of rotatable bonds is 7. The quantitative estimate of drug-likeness (QED) is 0.197. The lowest BCUT2D eigenvalue weighted by Gasteiger charge is -2.41. The van der Waals surface area contributed by atoms with Crippen LogP contribution in [0.1, 0.15) is 36.0 Å². The lowest BCUT2D eigenvalue weighted by atomic mass is 9.99. The van der Waals surface area contributed by atoms with Crippen molar-refractivity contribution in [2.75, 3.05) is 51.4 Å². The van der Waals surface area contributed by atoms with Gasteiger partial charge in [-0.05, 0) is 42.5 Å². The zero-order chi connectivity index (χ0) is 39.1. The van der Waals surface area contributed by atoms with Gasteiger partial charge in [0.25, 0.3) is 5.91 Å². The average Bonchev–Trinajstić information content (AvgIpc) is 3.81. The Morgan fingerprint density at radius 2 is 1.71 bits per heavy atom. The lowest BCUT2D eigenvalue weighted by Crippen LogP contribution is -2.58. The summed E-state index contributed by atoms with van der Waals surface area (Å²) in [6.07, 6.45) is 2.63. The molecule has 3 aliphatic heterocycles. The highest BCUT2D eigenvalue weighted by atomic mass is 35.5. The average molecular weight is 776 g/mol. The van der Waals surface area contributed by atoms with Crippen LogP contribution in [-0.2, 0) is 30.3 Å². The second-order valence-electron chi connectivity index (χ2n) is 13.3. The molecule has 1 aromatic heterocycles. The highest BCUT2D eigenvalue weighted by Gasteiger charge is 2.54. The Morgan fingerprint density at radius 1 is 0.982 bits per heavy atom. The third-order valence-electron chi connectivity index (χ3n) is 9.72. The number of nitriles is 1. The Kier molecular flexibility index (Phi) is 11.7. The minimum Gasteiger partial charge on any atom is -0.507 e. The number of hydrogen-bond acceptors (Lipinski definition) is 9. The highest BCUT2D eigenvalue weighted by molar-refractivity contribution is 6.47. The molecule has 0 unspecified atom stereocenters. The zero-order valence-electron chi connectivity index (χ0n) is 30.3. The van der Waals surface area contributed by atoms with Gasteiger partial charge in [-0.2, -0.15) is 15.4 Å². The van der Waals surface area contributed by atoms with Gasteiger partial charge in [0.05, 0.1) is 57.6 Å². The number of amides is 4. The van der Waals surface area contributed by atoms with Gasteiger partial charge in [0, 0.05) is 59.5 Å². The van der Waals surface area contributed by atoms with Crippen LogP contribution >= 0.6 is 11.6 Å². The molecule has 14 nitrogen and oxygen atoms in total. The van der Waals surface area contributed by atoms with Crippen molar-refractivity contribution >= 4 is 40.8 Å². The van der Waals surface area contributed by atoms with Crippen LogP contribution in [0.5, 0.6) is 5.75 Å². The predicted octanol–water partition coefficient (Wildman–Crippen LogP) is 4.84. The van der Waals surface area contributed by atoms with Gasteiger partial charge in [-0.1, -0.05) is 53.8 Å². The summed E-state index contributed by atoms with van der Waals surface area (Å²) in [5.74, 6) is 5.15. The molecule has 0 radical (unpaired) electrons. The van der Waals surface area contributed by atoms with E-state index in [1.807, 2.05) is 0 Å². The number of urea groups is 1. The van der Waals surface area contributed by atoms with Gasteiger partial charge in [0.2, 0.25) is 5.91 Å². The summed E-state index contributed by atoms with van der Waals surface area (Å²) in [6.45, 7) is 2.39. The second kappa shape index (κ2) is 17.2. The summed E-state index contributed by atoms with van der Waals surface area (Å²) in [7, 11) is 0. The van der Waals surface area contributed by atoms with Gasteiger partial charge in [-0.15, -0.1) is 0 Å². The Bertz CT molecular complexity index is 2230. The first-order valence-corrected chi connectivity index (χ1v) is 18.5. The minimum absolute atomic E-state index is 0.0104. The number of aryl methyl sites for hydroxylation is 1. The summed E-state index contributed by atoms with van der Waals surface area (Å²) < 4.78 is 18.9. The first-order chi connectivity index (χ1) is 27.2. The van der Waals surface area contributed by atoms with Gasteiger partial charge in [0.1, 0.15) is 28.9 Å². The first kappa shape index (κ1) is 38.3. The molecule has 7 rings (SSSR count). The van der Waals surface area contributed by atoms with Crippen molar-refractivity contribution in [2.24, 2.45) is 4.99 Å². The zero-order valence-corrected chi connectivity index (χ0v) is 31.1. The van der Waals surface area contributed by atoms with Crippen LogP contribution in [0.4, 0.5) is 10.5 Å². The Hall–Kier alpha value is -6.03. The van der Waals surface area contributed by atoms with E-state index in [4.69, 9.17) is 31.1 Å². The van der Waals surface area contributed by atoms with Gasteiger partial charge in [0.15, 0.2) is 0 Å². The number of aliphatic imine (C=N–C) groups is 1. The van der Waals surface area contributed by atoms with E-state index in [1.165, 1.54) is 15.9 Å². The Morgan fingerprint density at radius 3 is 2.45 bits per heavy atom. The molecule has 15 heteroatoms. The molecular weight excluding hydrogens is 738 g/mol. The molecule has 1 spiro atoms. The Balaban J connectivity index is 1.13. The number of carbonyl (C=O) groups is 3. The van der Waals surface area contributed by atoms with E-state index >= 15 is 0 Å². The molecule has 3 aliphatic rings. The van der Waals surface area contributed by atoms with E-state index in [0.29, 0.717) is 97.6 Å². The van der Waals surface area contributed by atoms with Crippen LogP contribution in [0.25, 0.3) is 11.3 Å². The van der Waals surface area contributed by atoms with E-state index < -0.39 is 29.6 Å². The molecule has 3 aromatic carbocycles. The third-order valence-corrected chi connectivity index (χ3v) is 9.95. The Labute approximate surface area is 328 Å². The number of phenolic OH excluding ortho intramolecular Hbond substituents is 1. The highest BCUT2D eigenvalue weighted by Crippen LogP contribution is 2.38. The normalized spacial score (nSPS) is 17.9. The van der Waals surface area contributed by atoms with Crippen molar-refractivity contribution in [3.8, 4) is 34.9 Å². The number of anilines is 1. The number of aromatic nitrogens is 2. The molecule has 286 valence electrons. The SMILES string of the molecule is N#CCCn1cc(C#Cc2ccc(NC(=O)[C@@H]3COC4(CCOCC4)N3C(=O)/C(=N/C(=O)N3CCOCC3)c3ccccc3)cc2)c(-c2cc(Cl)ccc2O)n1. The van der Waals surface area contributed by atoms with E-state index in [9.17, 15) is 19.5 Å². The van der Waals surface area contributed by atoms with Gasteiger partial charge in [-0.25, -0.2) is 4.79 Å². The molecule has 0 aliphatic carbocycles. The number of nitrogens with one attached hydrogen (secondary N) is 1. The topological polar surface area (TPSA) is 172 Å². The fourth-order valence-electron chi connectivity index (χ4n) is 6.82. The third kappa shape index (κ3) is 8.44. The number of phenols is 1. The van der Waals surface area contributed by atoms with Crippen molar-refractivity contribution in [1.82, 2.24) is 19.6 Å². The fourth-order valence-corrected chi connectivity index (χ4v) is 6.99. The maximum Gasteiger partial charge on any atom is 0.344 e. The molecule has 4 heterocycles. The molecular formula is C41H38ClN7O7. The van der Waals surface area contributed by atoms with Crippen LogP contribution < -0.4 is 5.32 Å². The molecule has 3 saturated heterocycles. The van der Waals surface area contributed by atoms with Crippen molar-refractivity contribution < 1.29 is 33.7 Å². The second-order valence-corrected chi connectivity index (χ2v) is 13.7.